The number of aliphatic hydroxyl groups excluding tert-OH is 1. The van der Waals surface area contributed by atoms with Crippen LogP contribution in [0.1, 0.15) is 35.1 Å². The van der Waals surface area contributed by atoms with Crippen LogP contribution in [0.15, 0.2) is 47.4 Å². The molecule has 2 aromatic carbocycles. The molecule has 1 heterocycles. The molecule has 0 radical (unpaired) electrons. The van der Waals surface area contributed by atoms with Crippen molar-refractivity contribution in [3.8, 4) is 0 Å². The fourth-order valence-corrected chi connectivity index (χ4v) is 5.01. The van der Waals surface area contributed by atoms with Crippen molar-refractivity contribution in [3.05, 3.63) is 65.0 Å². The predicted molar refractivity (Wildman–Crippen MR) is 109 cm³/mol. The Bertz CT molecular complexity index is 774. The average molecular weight is 387 g/mol. The van der Waals surface area contributed by atoms with Crippen LogP contribution in [0.25, 0.3) is 0 Å². The van der Waals surface area contributed by atoms with Crippen molar-refractivity contribution in [2.24, 2.45) is 0 Å². The Balaban J connectivity index is 1.61. The highest BCUT2D eigenvalue weighted by Gasteiger charge is 2.36. The molecule has 0 bridgehead atoms. The number of hydrogen-bond donors (Lipinski definition) is 1. The molecule has 5 heteroatoms. The summed E-state index contributed by atoms with van der Waals surface area (Å²) in [5, 5.41) is 9.18. The number of benzene rings is 2. The van der Waals surface area contributed by atoms with Crippen molar-refractivity contribution < 1.29 is 9.50 Å². The fourth-order valence-electron chi connectivity index (χ4n) is 4.56. The van der Waals surface area contributed by atoms with Crippen molar-refractivity contribution in [3.63, 3.8) is 0 Å². The molecule has 1 N–H and O–H groups in total. The third-order valence-corrected chi connectivity index (χ3v) is 6.75. The molecule has 3 nitrogen and oxygen atoms in total. The number of hydrogen-bond acceptors (Lipinski definition) is 4. The van der Waals surface area contributed by atoms with Crippen molar-refractivity contribution in [2.45, 2.75) is 23.3 Å². The minimum atomic E-state index is -0.175. The SMILES string of the molecule is CSc1ccc2c(c1)[C@@H](N1CCN(CCO)CC1)C[C@@H]2c1ccc(F)cc1. The Morgan fingerprint density at radius 3 is 2.44 bits per heavy atom. The lowest BCUT2D eigenvalue weighted by molar-refractivity contribution is 0.0827. The van der Waals surface area contributed by atoms with E-state index in [1.54, 1.807) is 23.9 Å². The summed E-state index contributed by atoms with van der Waals surface area (Å²) in [7, 11) is 0. The molecule has 4 rings (SSSR count). The van der Waals surface area contributed by atoms with Gasteiger partial charge in [0.15, 0.2) is 0 Å². The van der Waals surface area contributed by atoms with E-state index in [0.29, 0.717) is 12.0 Å². The van der Waals surface area contributed by atoms with Crippen LogP contribution in [-0.4, -0.2) is 60.5 Å². The first-order valence-corrected chi connectivity index (χ1v) is 10.9. The molecule has 2 aromatic rings. The van der Waals surface area contributed by atoms with E-state index in [4.69, 9.17) is 0 Å². The van der Waals surface area contributed by atoms with Crippen LogP contribution < -0.4 is 0 Å². The normalized spacial score (nSPS) is 23.5. The molecule has 144 valence electrons. The lowest BCUT2D eigenvalue weighted by Gasteiger charge is -2.38. The van der Waals surface area contributed by atoms with Crippen LogP contribution in [0.2, 0.25) is 0 Å². The largest absolute Gasteiger partial charge is 0.395 e. The molecule has 1 aliphatic carbocycles. The number of β-amino-alcohol motifs (C(OH)–C–C–N with tert-alkyl or cyclic N) is 1. The van der Waals surface area contributed by atoms with Gasteiger partial charge in [0.25, 0.3) is 0 Å². The zero-order chi connectivity index (χ0) is 18.8. The third kappa shape index (κ3) is 3.92. The standard InChI is InChI=1S/C22H27FN2OS/c1-27-18-6-7-19-20(16-2-4-17(23)5-3-16)15-22(21(19)14-18)25-10-8-24(9-11-25)12-13-26/h2-7,14,20,22,26H,8-13,15H2,1H3/t20-,22+/m1/s1. The van der Waals surface area contributed by atoms with Crippen LogP contribution in [0, 0.1) is 5.82 Å². The second kappa shape index (κ2) is 8.31. The van der Waals surface area contributed by atoms with E-state index in [0.717, 1.165) is 39.1 Å². The molecule has 1 fully saturated rings. The van der Waals surface area contributed by atoms with Gasteiger partial charge in [-0.15, -0.1) is 11.8 Å². The maximum absolute atomic E-state index is 13.4. The number of aliphatic hydroxyl groups is 1. The number of fused-ring (bicyclic) bond motifs is 1. The van der Waals surface area contributed by atoms with E-state index in [-0.39, 0.29) is 12.4 Å². The molecular weight excluding hydrogens is 359 g/mol. The van der Waals surface area contributed by atoms with Gasteiger partial charge in [0, 0.05) is 49.6 Å². The van der Waals surface area contributed by atoms with E-state index in [1.165, 1.54) is 21.6 Å². The number of piperazine rings is 1. The van der Waals surface area contributed by atoms with E-state index in [2.05, 4.69) is 34.3 Å². The highest BCUT2D eigenvalue weighted by molar-refractivity contribution is 7.98. The molecule has 1 aliphatic heterocycles. The van der Waals surface area contributed by atoms with Crippen molar-refractivity contribution >= 4 is 11.8 Å². The Morgan fingerprint density at radius 2 is 1.78 bits per heavy atom. The smallest absolute Gasteiger partial charge is 0.123 e. The summed E-state index contributed by atoms with van der Waals surface area (Å²) in [5.41, 5.74) is 4.03. The van der Waals surface area contributed by atoms with E-state index >= 15 is 0 Å². The zero-order valence-electron chi connectivity index (χ0n) is 15.8. The molecule has 1 saturated heterocycles. The van der Waals surface area contributed by atoms with Gasteiger partial charge < -0.3 is 5.11 Å². The minimum Gasteiger partial charge on any atom is -0.395 e. The molecular formula is C22H27FN2OS. The fraction of sp³-hybridized carbons (Fsp3) is 0.455. The number of nitrogens with zero attached hydrogens (tertiary/aromatic N) is 2. The summed E-state index contributed by atoms with van der Waals surface area (Å²) < 4.78 is 13.4. The van der Waals surface area contributed by atoms with E-state index < -0.39 is 0 Å². The lowest BCUT2D eigenvalue weighted by atomic mass is 9.93. The summed E-state index contributed by atoms with van der Waals surface area (Å²) in [4.78, 5) is 6.24. The zero-order valence-corrected chi connectivity index (χ0v) is 16.6. The molecule has 0 amide bonds. The van der Waals surface area contributed by atoms with Crippen LogP contribution in [0.4, 0.5) is 4.39 Å². The average Bonchev–Trinajstić information content (AvgIpc) is 3.08. The van der Waals surface area contributed by atoms with Crippen molar-refractivity contribution in [1.29, 1.82) is 0 Å². The number of halogens is 1. The highest BCUT2D eigenvalue weighted by atomic mass is 32.2. The molecule has 0 unspecified atom stereocenters. The van der Waals surface area contributed by atoms with Gasteiger partial charge in [-0.2, -0.15) is 0 Å². The molecule has 0 aromatic heterocycles. The summed E-state index contributed by atoms with van der Waals surface area (Å²) >= 11 is 1.79. The van der Waals surface area contributed by atoms with Gasteiger partial charge in [-0.05, 0) is 53.6 Å². The lowest BCUT2D eigenvalue weighted by Crippen LogP contribution is -2.48. The molecule has 2 atom stereocenters. The van der Waals surface area contributed by atoms with Gasteiger partial charge in [0.2, 0.25) is 0 Å². The molecule has 2 aliphatic rings. The van der Waals surface area contributed by atoms with Gasteiger partial charge in [-0.1, -0.05) is 18.2 Å². The topological polar surface area (TPSA) is 26.7 Å². The van der Waals surface area contributed by atoms with Gasteiger partial charge in [0.1, 0.15) is 5.82 Å². The third-order valence-electron chi connectivity index (χ3n) is 6.02. The van der Waals surface area contributed by atoms with Gasteiger partial charge in [-0.25, -0.2) is 4.39 Å². The van der Waals surface area contributed by atoms with E-state index in [1.807, 2.05) is 12.1 Å². The van der Waals surface area contributed by atoms with Crippen LogP contribution >= 0.6 is 11.8 Å². The Labute approximate surface area is 165 Å². The van der Waals surface area contributed by atoms with Gasteiger partial charge in [-0.3, -0.25) is 9.80 Å². The first-order valence-electron chi connectivity index (χ1n) is 9.70. The van der Waals surface area contributed by atoms with Gasteiger partial charge in [0.05, 0.1) is 6.61 Å². The van der Waals surface area contributed by atoms with Crippen LogP contribution in [0.5, 0.6) is 0 Å². The summed E-state index contributed by atoms with van der Waals surface area (Å²) in [6, 6.07) is 14.3. The Kier molecular flexibility index (Phi) is 5.83. The summed E-state index contributed by atoms with van der Waals surface area (Å²) in [6.45, 7) is 5.08. The first-order chi connectivity index (χ1) is 13.2. The molecule has 27 heavy (non-hydrogen) atoms. The maximum Gasteiger partial charge on any atom is 0.123 e. The summed E-state index contributed by atoms with van der Waals surface area (Å²) in [5.74, 6) is 0.156. The Hall–Kier alpha value is -1.40. The monoisotopic (exact) mass is 386 g/mol. The number of thioether (sulfide) groups is 1. The second-order valence-electron chi connectivity index (χ2n) is 7.45. The van der Waals surface area contributed by atoms with Crippen LogP contribution in [-0.2, 0) is 0 Å². The van der Waals surface area contributed by atoms with Crippen LogP contribution in [0.3, 0.4) is 0 Å². The van der Waals surface area contributed by atoms with Crippen molar-refractivity contribution in [1.82, 2.24) is 9.80 Å². The second-order valence-corrected chi connectivity index (χ2v) is 8.33. The molecule has 0 spiro atoms. The first kappa shape index (κ1) is 18.9. The highest BCUT2D eigenvalue weighted by Crippen LogP contribution is 2.47. The van der Waals surface area contributed by atoms with Crippen molar-refractivity contribution in [2.75, 3.05) is 45.6 Å². The van der Waals surface area contributed by atoms with Gasteiger partial charge >= 0.3 is 0 Å². The maximum atomic E-state index is 13.4. The summed E-state index contributed by atoms with van der Waals surface area (Å²) in [6.07, 6.45) is 3.18. The van der Waals surface area contributed by atoms with E-state index in [9.17, 15) is 9.50 Å². The number of rotatable bonds is 5. The Morgan fingerprint density at radius 1 is 1.04 bits per heavy atom. The predicted octanol–water partition coefficient (Wildman–Crippen LogP) is 3.73. The molecule has 0 saturated carbocycles. The minimum absolute atomic E-state index is 0.175. The quantitative estimate of drug-likeness (QED) is 0.792.